The molecule has 2 aromatic rings. The highest BCUT2D eigenvalue weighted by molar-refractivity contribution is 6.31. The Balaban J connectivity index is 2.24. The number of hydrogen-bond acceptors (Lipinski definition) is 2. The SMILES string of the molecule is CNC(Cc1ccc(F)c(F)c1)c1ccncc1Cl. The van der Waals surface area contributed by atoms with Gasteiger partial charge in [-0.3, -0.25) is 4.98 Å². The number of nitrogens with zero attached hydrogens (tertiary/aromatic N) is 1. The Labute approximate surface area is 115 Å². The monoisotopic (exact) mass is 282 g/mol. The molecule has 0 spiro atoms. The average Bonchev–Trinajstić information content (AvgIpc) is 2.41. The van der Waals surface area contributed by atoms with Crippen LogP contribution in [0.3, 0.4) is 0 Å². The van der Waals surface area contributed by atoms with E-state index in [0.29, 0.717) is 17.0 Å². The van der Waals surface area contributed by atoms with E-state index in [2.05, 4.69) is 10.3 Å². The molecule has 0 fully saturated rings. The summed E-state index contributed by atoms with van der Waals surface area (Å²) in [7, 11) is 1.79. The van der Waals surface area contributed by atoms with Crippen molar-refractivity contribution in [1.82, 2.24) is 10.3 Å². The molecule has 1 unspecified atom stereocenters. The molecule has 0 aliphatic rings. The van der Waals surface area contributed by atoms with Gasteiger partial charge in [0.05, 0.1) is 5.02 Å². The molecule has 1 atom stereocenters. The van der Waals surface area contributed by atoms with Crippen LogP contribution in [-0.2, 0) is 6.42 Å². The highest BCUT2D eigenvalue weighted by Gasteiger charge is 2.14. The van der Waals surface area contributed by atoms with Crippen LogP contribution in [0.15, 0.2) is 36.7 Å². The fourth-order valence-electron chi connectivity index (χ4n) is 1.94. The summed E-state index contributed by atoms with van der Waals surface area (Å²) in [6.45, 7) is 0. The summed E-state index contributed by atoms with van der Waals surface area (Å²) in [4.78, 5) is 3.93. The maximum atomic E-state index is 13.2. The van der Waals surface area contributed by atoms with Gasteiger partial charge >= 0.3 is 0 Å². The summed E-state index contributed by atoms with van der Waals surface area (Å²) >= 11 is 6.08. The number of rotatable bonds is 4. The molecule has 2 nitrogen and oxygen atoms in total. The standard InChI is InChI=1S/C14H13ClF2N2/c1-18-14(10-4-5-19-8-11(10)15)7-9-2-3-12(16)13(17)6-9/h2-6,8,14,18H,7H2,1H3. The fourth-order valence-corrected chi connectivity index (χ4v) is 2.19. The molecule has 2 rings (SSSR count). The van der Waals surface area contributed by atoms with E-state index in [1.54, 1.807) is 25.5 Å². The van der Waals surface area contributed by atoms with Gasteiger partial charge in [0.2, 0.25) is 0 Å². The average molecular weight is 283 g/mol. The summed E-state index contributed by atoms with van der Waals surface area (Å²) in [5, 5.41) is 3.66. The van der Waals surface area contributed by atoms with Crippen LogP contribution in [0, 0.1) is 11.6 Å². The van der Waals surface area contributed by atoms with E-state index in [-0.39, 0.29) is 6.04 Å². The Kier molecular flexibility index (Phi) is 4.45. The highest BCUT2D eigenvalue weighted by atomic mass is 35.5. The van der Waals surface area contributed by atoms with Crippen LogP contribution >= 0.6 is 11.6 Å². The van der Waals surface area contributed by atoms with E-state index in [4.69, 9.17) is 11.6 Å². The van der Waals surface area contributed by atoms with Gasteiger partial charge in [0, 0.05) is 18.4 Å². The number of pyridine rings is 1. The van der Waals surface area contributed by atoms with Gasteiger partial charge in [-0.25, -0.2) is 8.78 Å². The third-order valence-corrected chi connectivity index (χ3v) is 3.27. The minimum atomic E-state index is -0.841. The lowest BCUT2D eigenvalue weighted by Gasteiger charge is -2.18. The van der Waals surface area contributed by atoms with Crippen molar-refractivity contribution < 1.29 is 8.78 Å². The van der Waals surface area contributed by atoms with Gasteiger partial charge in [-0.2, -0.15) is 0 Å². The predicted molar refractivity (Wildman–Crippen MR) is 71.1 cm³/mol. The summed E-state index contributed by atoms with van der Waals surface area (Å²) in [5.41, 5.74) is 1.58. The molecule has 1 heterocycles. The Morgan fingerprint density at radius 1 is 1.26 bits per heavy atom. The highest BCUT2D eigenvalue weighted by Crippen LogP contribution is 2.25. The molecular weight excluding hydrogens is 270 g/mol. The zero-order valence-electron chi connectivity index (χ0n) is 10.3. The van der Waals surface area contributed by atoms with Crippen molar-refractivity contribution in [3.8, 4) is 0 Å². The molecule has 1 aromatic carbocycles. The number of likely N-dealkylation sites (N-methyl/N-ethyl adjacent to an activating group) is 1. The van der Waals surface area contributed by atoms with Crippen LogP contribution in [-0.4, -0.2) is 12.0 Å². The zero-order valence-corrected chi connectivity index (χ0v) is 11.1. The molecule has 5 heteroatoms. The van der Waals surface area contributed by atoms with Crippen LogP contribution in [0.25, 0.3) is 0 Å². The number of aromatic nitrogens is 1. The minimum Gasteiger partial charge on any atom is -0.313 e. The lowest BCUT2D eigenvalue weighted by molar-refractivity contribution is 0.504. The van der Waals surface area contributed by atoms with Crippen molar-refractivity contribution in [3.05, 3.63) is 64.4 Å². The van der Waals surface area contributed by atoms with Crippen molar-refractivity contribution in [2.75, 3.05) is 7.05 Å². The maximum absolute atomic E-state index is 13.2. The van der Waals surface area contributed by atoms with E-state index >= 15 is 0 Å². The summed E-state index contributed by atoms with van der Waals surface area (Å²) in [5.74, 6) is -1.68. The largest absolute Gasteiger partial charge is 0.313 e. The van der Waals surface area contributed by atoms with Gasteiger partial charge in [-0.1, -0.05) is 17.7 Å². The molecule has 0 saturated carbocycles. The molecule has 0 aliphatic heterocycles. The van der Waals surface area contributed by atoms with E-state index in [0.717, 1.165) is 11.6 Å². The smallest absolute Gasteiger partial charge is 0.159 e. The van der Waals surface area contributed by atoms with Crippen LogP contribution in [0.2, 0.25) is 5.02 Å². The van der Waals surface area contributed by atoms with E-state index in [9.17, 15) is 8.78 Å². The second kappa shape index (κ2) is 6.08. The first-order valence-corrected chi connectivity index (χ1v) is 6.20. The Morgan fingerprint density at radius 3 is 2.68 bits per heavy atom. The van der Waals surface area contributed by atoms with Crippen molar-refractivity contribution in [3.63, 3.8) is 0 Å². The third-order valence-electron chi connectivity index (χ3n) is 2.95. The summed E-state index contributed by atoms with van der Waals surface area (Å²) in [6.07, 6.45) is 3.72. The quantitative estimate of drug-likeness (QED) is 0.928. The van der Waals surface area contributed by atoms with Gasteiger partial charge in [0.1, 0.15) is 0 Å². The van der Waals surface area contributed by atoms with Gasteiger partial charge in [-0.05, 0) is 42.8 Å². The first-order valence-electron chi connectivity index (χ1n) is 5.82. The molecule has 1 aromatic heterocycles. The molecule has 0 saturated heterocycles. The number of halogens is 3. The van der Waals surface area contributed by atoms with E-state index in [1.165, 1.54) is 6.07 Å². The van der Waals surface area contributed by atoms with Crippen molar-refractivity contribution in [2.24, 2.45) is 0 Å². The number of hydrogen-bond donors (Lipinski definition) is 1. The Morgan fingerprint density at radius 2 is 2.05 bits per heavy atom. The molecule has 0 bridgehead atoms. The Bertz CT molecular complexity index is 575. The lowest BCUT2D eigenvalue weighted by atomic mass is 10.00. The minimum absolute atomic E-state index is 0.0830. The molecule has 1 N–H and O–H groups in total. The van der Waals surface area contributed by atoms with Gasteiger partial charge in [0.15, 0.2) is 11.6 Å². The lowest BCUT2D eigenvalue weighted by Crippen LogP contribution is -2.19. The van der Waals surface area contributed by atoms with Crippen molar-refractivity contribution in [2.45, 2.75) is 12.5 Å². The summed E-state index contributed by atoms with van der Waals surface area (Å²) < 4.78 is 26.1. The summed E-state index contributed by atoms with van der Waals surface area (Å²) in [6, 6.07) is 5.63. The Hall–Kier alpha value is -1.52. The van der Waals surface area contributed by atoms with Crippen molar-refractivity contribution >= 4 is 11.6 Å². The molecule has 0 radical (unpaired) electrons. The topological polar surface area (TPSA) is 24.9 Å². The molecule has 0 aliphatic carbocycles. The first kappa shape index (κ1) is 13.9. The van der Waals surface area contributed by atoms with Crippen LogP contribution < -0.4 is 5.32 Å². The second-order valence-corrected chi connectivity index (χ2v) is 4.60. The molecule has 19 heavy (non-hydrogen) atoms. The zero-order chi connectivity index (χ0) is 13.8. The van der Waals surface area contributed by atoms with Gasteiger partial charge in [0.25, 0.3) is 0 Å². The molecule has 0 amide bonds. The molecular formula is C14H13ClF2N2. The fraction of sp³-hybridized carbons (Fsp3) is 0.214. The van der Waals surface area contributed by atoms with E-state index in [1.807, 2.05) is 6.07 Å². The van der Waals surface area contributed by atoms with Crippen molar-refractivity contribution in [1.29, 1.82) is 0 Å². The van der Waals surface area contributed by atoms with Crippen LogP contribution in [0.4, 0.5) is 8.78 Å². The third kappa shape index (κ3) is 3.28. The van der Waals surface area contributed by atoms with Crippen LogP contribution in [0.5, 0.6) is 0 Å². The maximum Gasteiger partial charge on any atom is 0.159 e. The molecule has 100 valence electrons. The normalized spacial score (nSPS) is 12.4. The number of benzene rings is 1. The van der Waals surface area contributed by atoms with Crippen LogP contribution in [0.1, 0.15) is 17.2 Å². The second-order valence-electron chi connectivity index (χ2n) is 4.19. The van der Waals surface area contributed by atoms with Gasteiger partial charge in [-0.15, -0.1) is 0 Å². The number of nitrogens with one attached hydrogen (secondary N) is 1. The first-order chi connectivity index (χ1) is 9.11. The predicted octanol–water partition coefficient (Wildman–Crippen LogP) is 3.52. The van der Waals surface area contributed by atoms with Gasteiger partial charge < -0.3 is 5.32 Å². The van der Waals surface area contributed by atoms with E-state index < -0.39 is 11.6 Å².